The topological polar surface area (TPSA) is 75.6 Å². The Morgan fingerprint density at radius 2 is 1.91 bits per heavy atom. The fraction of sp³-hybridized carbons (Fsp3) is 0.176. The summed E-state index contributed by atoms with van der Waals surface area (Å²) in [4.78, 5) is 23.6. The van der Waals surface area contributed by atoms with Crippen LogP contribution in [-0.4, -0.2) is 23.6 Å². The molecule has 2 aromatic rings. The van der Waals surface area contributed by atoms with Crippen LogP contribution >= 0.6 is 15.9 Å². The van der Waals surface area contributed by atoms with Crippen molar-refractivity contribution in [2.45, 2.75) is 13.0 Å². The van der Waals surface area contributed by atoms with Gasteiger partial charge < -0.3 is 15.2 Å². The Morgan fingerprint density at radius 3 is 2.57 bits per heavy atom. The normalized spacial score (nSPS) is 11.6. The van der Waals surface area contributed by atoms with E-state index in [9.17, 15) is 14.7 Å². The first-order chi connectivity index (χ1) is 11.0. The Balaban J connectivity index is 1.85. The summed E-state index contributed by atoms with van der Waals surface area (Å²) in [6, 6.07) is 13.1. The molecule has 23 heavy (non-hydrogen) atoms. The van der Waals surface area contributed by atoms with Gasteiger partial charge >= 0.3 is 5.97 Å². The van der Waals surface area contributed by atoms with E-state index in [2.05, 4.69) is 21.2 Å². The van der Waals surface area contributed by atoms with Crippen LogP contribution in [0.4, 0.5) is 0 Å². The summed E-state index contributed by atoms with van der Waals surface area (Å²) < 4.78 is 5.89. The molecule has 0 aliphatic rings. The quantitative estimate of drug-likeness (QED) is 0.784. The van der Waals surface area contributed by atoms with Gasteiger partial charge in [-0.1, -0.05) is 34.1 Å². The summed E-state index contributed by atoms with van der Waals surface area (Å²) in [5, 5.41) is 12.1. The van der Waals surface area contributed by atoms with Gasteiger partial charge in [0.1, 0.15) is 5.75 Å². The smallest absolute Gasteiger partial charge is 0.338 e. The number of nitrogens with one attached hydrogen (secondary N) is 1. The fourth-order valence-electron chi connectivity index (χ4n) is 1.97. The van der Waals surface area contributed by atoms with Crippen LogP contribution in [0.25, 0.3) is 0 Å². The number of hydrogen-bond donors (Lipinski definition) is 2. The molecule has 5 nitrogen and oxygen atoms in total. The van der Waals surface area contributed by atoms with Gasteiger partial charge in [0.15, 0.2) is 6.61 Å². The molecule has 0 saturated carbocycles. The zero-order chi connectivity index (χ0) is 16.8. The summed E-state index contributed by atoms with van der Waals surface area (Å²) in [5.74, 6) is -1.09. The van der Waals surface area contributed by atoms with E-state index in [1.165, 1.54) is 24.3 Å². The maximum atomic E-state index is 11.8. The number of amides is 1. The molecule has 0 unspecified atom stereocenters. The summed E-state index contributed by atoms with van der Waals surface area (Å²) in [6.45, 7) is 1.47. The SMILES string of the molecule is C[C@@H](NC(=O)COC(=O)c1cccc(O)c1)c1ccc(Br)cc1. The number of hydrogen-bond acceptors (Lipinski definition) is 4. The molecule has 0 spiro atoms. The minimum Gasteiger partial charge on any atom is -0.508 e. The van der Waals surface area contributed by atoms with Gasteiger partial charge in [-0.25, -0.2) is 4.79 Å². The number of rotatable bonds is 5. The summed E-state index contributed by atoms with van der Waals surface area (Å²) in [7, 11) is 0. The number of carbonyl (C=O) groups excluding carboxylic acids is 2. The maximum absolute atomic E-state index is 11.8. The molecule has 0 aliphatic carbocycles. The lowest BCUT2D eigenvalue weighted by Gasteiger charge is -2.14. The van der Waals surface area contributed by atoms with Crippen molar-refractivity contribution < 1.29 is 19.4 Å². The van der Waals surface area contributed by atoms with E-state index >= 15 is 0 Å². The van der Waals surface area contributed by atoms with Gasteiger partial charge in [-0.3, -0.25) is 4.79 Å². The van der Waals surface area contributed by atoms with Gasteiger partial charge in [-0.05, 0) is 42.8 Å². The highest BCUT2D eigenvalue weighted by atomic mass is 79.9. The van der Waals surface area contributed by atoms with Crippen molar-refractivity contribution in [3.63, 3.8) is 0 Å². The predicted molar refractivity (Wildman–Crippen MR) is 89.1 cm³/mol. The van der Waals surface area contributed by atoms with Crippen LogP contribution in [-0.2, 0) is 9.53 Å². The zero-order valence-corrected chi connectivity index (χ0v) is 14.0. The van der Waals surface area contributed by atoms with Crippen molar-refractivity contribution in [1.82, 2.24) is 5.32 Å². The maximum Gasteiger partial charge on any atom is 0.338 e. The first-order valence-corrected chi connectivity index (χ1v) is 7.76. The molecule has 0 heterocycles. The number of benzene rings is 2. The minimum absolute atomic E-state index is 0.0345. The number of phenolic OH excluding ortho intramolecular Hbond substituents is 1. The van der Waals surface area contributed by atoms with E-state index < -0.39 is 11.9 Å². The van der Waals surface area contributed by atoms with E-state index in [4.69, 9.17) is 4.74 Å². The molecule has 0 aromatic heterocycles. The predicted octanol–water partition coefficient (Wildman–Crippen LogP) is 3.19. The van der Waals surface area contributed by atoms with Gasteiger partial charge in [-0.15, -0.1) is 0 Å². The average Bonchev–Trinajstić information content (AvgIpc) is 2.53. The molecule has 1 amide bonds. The summed E-state index contributed by atoms with van der Waals surface area (Å²) in [5.41, 5.74) is 1.14. The lowest BCUT2D eigenvalue weighted by molar-refractivity contribution is -0.124. The lowest BCUT2D eigenvalue weighted by atomic mass is 10.1. The zero-order valence-electron chi connectivity index (χ0n) is 12.5. The highest BCUT2D eigenvalue weighted by Crippen LogP contribution is 2.16. The molecule has 2 N–H and O–H groups in total. The van der Waals surface area contributed by atoms with Crippen LogP contribution in [0.2, 0.25) is 0 Å². The monoisotopic (exact) mass is 377 g/mol. The van der Waals surface area contributed by atoms with Gasteiger partial charge in [0.25, 0.3) is 5.91 Å². The highest BCUT2D eigenvalue weighted by Gasteiger charge is 2.13. The highest BCUT2D eigenvalue weighted by molar-refractivity contribution is 9.10. The van der Waals surface area contributed by atoms with Crippen LogP contribution in [0, 0.1) is 0 Å². The van der Waals surface area contributed by atoms with Crippen LogP contribution in [0.15, 0.2) is 53.0 Å². The molecule has 0 aliphatic heterocycles. The van der Waals surface area contributed by atoms with E-state index in [-0.39, 0.29) is 24.0 Å². The first kappa shape index (κ1) is 17.0. The van der Waals surface area contributed by atoms with Crippen LogP contribution in [0.1, 0.15) is 28.9 Å². The van der Waals surface area contributed by atoms with Gasteiger partial charge in [0.2, 0.25) is 0 Å². The number of carbonyl (C=O) groups is 2. The third-order valence-electron chi connectivity index (χ3n) is 3.16. The second-order valence-corrected chi connectivity index (χ2v) is 5.88. The Labute approximate surface area is 142 Å². The van der Waals surface area contributed by atoms with Gasteiger partial charge in [-0.2, -0.15) is 0 Å². The molecule has 0 fully saturated rings. The molecule has 0 saturated heterocycles. The molecule has 2 rings (SSSR count). The molecule has 2 aromatic carbocycles. The van der Waals surface area contributed by atoms with Crippen LogP contribution in [0.3, 0.4) is 0 Å². The van der Waals surface area contributed by atoms with E-state index in [0.717, 1.165) is 10.0 Å². The minimum atomic E-state index is -0.660. The van der Waals surface area contributed by atoms with Crippen LogP contribution in [0.5, 0.6) is 5.75 Å². The second kappa shape index (κ2) is 7.78. The Bertz CT molecular complexity index is 700. The molecular weight excluding hydrogens is 362 g/mol. The van der Waals surface area contributed by atoms with Crippen molar-refractivity contribution in [2.75, 3.05) is 6.61 Å². The van der Waals surface area contributed by atoms with Crippen molar-refractivity contribution in [1.29, 1.82) is 0 Å². The number of aromatic hydroxyl groups is 1. The lowest BCUT2D eigenvalue weighted by Crippen LogP contribution is -2.31. The Hall–Kier alpha value is -2.34. The average molecular weight is 378 g/mol. The number of halogens is 1. The largest absolute Gasteiger partial charge is 0.508 e. The van der Waals surface area contributed by atoms with Crippen LogP contribution < -0.4 is 5.32 Å². The van der Waals surface area contributed by atoms with E-state index in [1.54, 1.807) is 0 Å². The molecule has 120 valence electrons. The molecule has 1 atom stereocenters. The van der Waals surface area contributed by atoms with Gasteiger partial charge in [0, 0.05) is 4.47 Å². The standard InChI is InChI=1S/C17H16BrNO4/c1-11(12-5-7-14(18)8-6-12)19-16(21)10-23-17(22)13-3-2-4-15(20)9-13/h2-9,11,20H,10H2,1H3,(H,19,21)/t11-/m1/s1. The van der Waals surface area contributed by atoms with Crippen molar-refractivity contribution in [3.8, 4) is 5.75 Å². The third-order valence-corrected chi connectivity index (χ3v) is 3.69. The fourth-order valence-corrected chi connectivity index (χ4v) is 2.23. The molecular formula is C17H16BrNO4. The van der Waals surface area contributed by atoms with E-state index in [1.807, 2.05) is 31.2 Å². The summed E-state index contributed by atoms with van der Waals surface area (Å²) >= 11 is 3.35. The molecule has 6 heteroatoms. The number of ether oxygens (including phenoxy) is 1. The first-order valence-electron chi connectivity index (χ1n) is 6.96. The molecule has 0 radical (unpaired) electrons. The second-order valence-electron chi connectivity index (χ2n) is 4.97. The van der Waals surface area contributed by atoms with Crippen molar-refractivity contribution >= 4 is 27.8 Å². The Kier molecular flexibility index (Phi) is 5.76. The summed E-state index contributed by atoms with van der Waals surface area (Å²) in [6.07, 6.45) is 0. The van der Waals surface area contributed by atoms with Crippen molar-refractivity contribution in [3.05, 3.63) is 64.1 Å². The van der Waals surface area contributed by atoms with Gasteiger partial charge in [0.05, 0.1) is 11.6 Å². The third kappa shape index (κ3) is 5.10. The van der Waals surface area contributed by atoms with E-state index in [0.29, 0.717) is 0 Å². The number of phenols is 1. The Morgan fingerprint density at radius 1 is 1.22 bits per heavy atom. The molecule has 0 bridgehead atoms. The van der Waals surface area contributed by atoms with Crippen molar-refractivity contribution in [2.24, 2.45) is 0 Å². The number of esters is 1.